The molecule has 0 saturated heterocycles. The number of phenols is 1. The van der Waals surface area contributed by atoms with Gasteiger partial charge in [-0.25, -0.2) is 22.7 Å². The van der Waals surface area contributed by atoms with Gasteiger partial charge in [0.15, 0.2) is 0 Å². The molecule has 182 valence electrons. The predicted octanol–water partition coefficient (Wildman–Crippen LogP) is 6.72. The average Bonchev–Trinajstić information content (AvgIpc) is 3.54. The fourth-order valence-electron chi connectivity index (χ4n) is 3.91. The first kappa shape index (κ1) is 23.1. The Morgan fingerprint density at radius 1 is 0.857 bits per heavy atom. The molecule has 1 aliphatic rings. The molecule has 2 aromatic heterocycles. The van der Waals surface area contributed by atoms with Crippen LogP contribution in [0.2, 0.25) is 0 Å². The number of benzene rings is 2. The first-order chi connectivity index (χ1) is 16.4. The summed E-state index contributed by atoms with van der Waals surface area (Å²) < 4.78 is 111. The standard InChI is InChI=1S/C23H13F8N3O/c24-14-4-3-11(5-13(14)22(27,28)23(29,30)31)17-8-18-20(19-15(25)6-12(35)7-16(19)26)21(10-1-2-10)33-34(18)9-32-17/h3-10,35H,1-2H2. The fourth-order valence-corrected chi connectivity index (χ4v) is 3.91. The van der Waals surface area contributed by atoms with Crippen molar-refractivity contribution in [2.24, 2.45) is 0 Å². The Morgan fingerprint density at radius 2 is 1.51 bits per heavy atom. The van der Waals surface area contributed by atoms with E-state index in [1.54, 1.807) is 0 Å². The van der Waals surface area contributed by atoms with Crippen molar-refractivity contribution in [3.05, 3.63) is 71.4 Å². The Labute approximate surface area is 191 Å². The number of nitrogens with zero attached hydrogens (tertiary/aromatic N) is 3. The first-order valence-electron chi connectivity index (χ1n) is 10.2. The SMILES string of the molecule is Oc1cc(F)c(-c2c(C3CC3)nn3cnc(-c4ccc(F)c(C(F)(F)C(F)(F)F)c4)cc23)c(F)c1. The number of fused-ring (bicyclic) bond motifs is 1. The number of aromatic nitrogens is 3. The van der Waals surface area contributed by atoms with E-state index in [4.69, 9.17) is 0 Å². The Hall–Kier alpha value is -3.70. The zero-order valence-corrected chi connectivity index (χ0v) is 17.3. The number of alkyl halides is 5. The molecule has 0 spiro atoms. The minimum absolute atomic E-state index is 0.0362. The van der Waals surface area contributed by atoms with E-state index in [-0.39, 0.29) is 28.3 Å². The molecule has 0 radical (unpaired) electrons. The van der Waals surface area contributed by atoms with E-state index >= 15 is 0 Å². The van der Waals surface area contributed by atoms with Gasteiger partial charge in [-0.2, -0.15) is 27.1 Å². The third-order valence-electron chi connectivity index (χ3n) is 5.75. The second kappa shape index (κ2) is 7.65. The van der Waals surface area contributed by atoms with Gasteiger partial charge in [-0.3, -0.25) is 0 Å². The molecule has 1 aliphatic carbocycles. The summed E-state index contributed by atoms with van der Waals surface area (Å²) in [6.07, 6.45) is -3.52. The van der Waals surface area contributed by atoms with E-state index in [1.165, 1.54) is 10.6 Å². The zero-order chi connectivity index (χ0) is 25.3. The van der Waals surface area contributed by atoms with Gasteiger partial charge in [0, 0.05) is 29.2 Å². The predicted molar refractivity (Wildman–Crippen MR) is 107 cm³/mol. The number of hydrogen-bond donors (Lipinski definition) is 1. The third kappa shape index (κ3) is 3.76. The van der Waals surface area contributed by atoms with Crippen molar-refractivity contribution in [3.8, 4) is 28.1 Å². The highest BCUT2D eigenvalue weighted by Crippen LogP contribution is 2.48. The van der Waals surface area contributed by atoms with Crippen LogP contribution in [-0.4, -0.2) is 25.9 Å². The summed E-state index contributed by atoms with van der Waals surface area (Å²) >= 11 is 0. The molecule has 2 aromatic carbocycles. The van der Waals surface area contributed by atoms with Crippen molar-refractivity contribution < 1.29 is 40.2 Å². The number of hydrogen-bond acceptors (Lipinski definition) is 3. The molecular weight excluding hydrogens is 486 g/mol. The highest BCUT2D eigenvalue weighted by Gasteiger charge is 2.60. The second-order valence-corrected chi connectivity index (χ2v) is 8.19. The van der Waals surface area contributed by atoms with Gasteiger partial charge in [-0.1, -0.05) is 0 Å². The molecule has 5 rings (SSSR count). The average molecular weight is 499 g/mol. The minimum atomic E-state index is -6.03. The summed E-state index contributed by atoms with van der Waals surface area (Å²) in [6.45, 7) is 0. The summed E-state index contributed by atoms with van der Waals surface area (Å²) in [4.78, 5) is 4.00. The molecule has 12 heteroatoms. The van der Waals surface area contributed by atoms with Crippen LogP contribution in [-0.2, 0) is 5.92 Å². The van der Waals surface area contributed by atoms with Gasteiger partial charge in [-0.05, 0) is 37.1 Å². The molecule has 0 atom stereocenters. The Balaban J connectivity index is 1.72. The van der Waals surface area contributed by atoms with Gasteiger partial charge in [0.05, 0.1) is 28.0 Å². The van der Waals surface area contributed by atoms with Crippen LogP contribution in [0.4, 0.5) is 35.1 Å². The molecule has 1 N–H and O–H groups in total. The van der Waals surface area contributed by atoms with E-state index < -0.39 is 46.4 Å². The number of phenolic OH excluding ortho intramolecular Hbond substituents is 1. The Bertz CT molecular complexity index is 1450. The molecule has 2 heterocycles. The zero-order valence-electron chi connectivity index (χ0n) is 17.3. The quantitative estimate of drug-likeness (QED) is 0.317. The summed E-state index contributed by atoms with van der Waals surface area (Å²) in [5.74, 6) is -10.1. The summed E-state index contributed by atoms with van der Waals surface area (Å²) in [6, 6.07) is 4.40. The van der Waals surface area contributed by atoms with E-state index in [0.29, 0.717) is 42.8 Å². The van der Waals surface area contributed by atoms with Gasteiger partial charge in [-0.15, -0.1) is 0 Å². The lowest BCUT2D eigenvalue weighted by Crippen LogP contribution is -2.34. The Morgan fingerprint density at radius 3 is 2.11 bits per heavy atom. The van der Waals surface area contributed by atoms with Crippen LogP contribution in [0, 0.1) is 17.5 Å². The van der Waals surface area contributed by atoms with Gasteiger partial charge >= 0.3 is 12.1 Å². The Kier molecular flexibility index (Phi) is 5.04. The van der Waals surface area contributed by atoms with Crippen LogP contribution in [0.3, 0.4) is 0 Å². The largest absolute Gasteiger partial charge is 0.508 e. The highest BCUT2D eigenvalue weighted by atomic mass is 19.4. The maximum absolute atomic E-state index is 14.7. The second-order valence-electron chi connectivity index (χ2n) is 8.19. The van der Waals surface area contributed by atoms with E-state index in [9.17, 15) is 40.2 Å². The van der Waals surface area contributed by atoms with Crippen molar-refractivity contribution in [3.63, 3.8) is 0 Å². The van der Waals surface area contributed by atoms with Crippen LogP contribution in [0.25, 0.3) is 27.9 Å². The van der Waals surface area contributed by atoms with Gasteiger partial charge in [0.2, 0.25) is 0 Å². The fraction of sp³-hybridized carbons (Fsp3) is 0.217. The molecule has 0 aliphatic heterocycles. The summed E-state index contributed by atoms with van der Waals surface area (Å²) in [5.41, 5.74) is -2.33. The maximum Gasteiger partial charge on any atom is 0.458 e. The number of rotatable bonds is 4. The van der Waals surface area contributed by atoms with E-state index in [0.717, 1.165) is 12.4 Å². The number of halogens is 8. The van der Waals surface area contributed by atoms with Crippen LogP contribution < -0.4 is 0 Å². The molecule has 4 nitrogen and oxygen atoms in total. The van der Waals surface area contributed by atoms with Gasteiger partial charge in [0.1, 0.15) is 29.5 Å². The van der Waals surface area contributed by atoms with Gasteiger partial charge < -0.3 is 5.11 Å². The van der Waals surface area contributed by atoms with Crippen LogP contribution in [0.15, 0.2) is 42.7 Å². The summed E-state index contributed by atoms with van der Waals surface area (Å²) in [5, 5.41) is 13.8. The molecule has 1 saturated carbocycles. The molecule has 35 heavy (non-hydrogen) atoms. The smallest absolute Gasteiger partial charge is 0.458 e. The number of aromatic hydroxyl groups is 1. The topological polar surface area (TPSA) is 50.4 Å². The van der Waals surface area contributed by atoms with Crippen molar-refractivity contribution >= 4 is 5.52 Å². The molecule has 0 unspecified atom stereocenters. The van der Waals surface area contributed by atoms with Gasteiger partial charge in [0.25, 0.3) is 0 Å². The first-order valence-corrected chi connectivity index (χ1v) is 10.2. The van der Waals surface area contributed by atoms with E-state index in [1.807, 2.05) is 0 Å². The van der Waals surface area contributed by atoms with Crippen LogP contribution >= 0.6 is 0 Å². The molecule has 0 bridgehead atoms. The van der Waals surface area contributed by atoms with Crippen LogP contribution in [0.1, 0.15) is 30.0 Å². The lowest BCUT2D eigenvalue weighted by atomic mass is 9.98. The molecule has 4 aromatic rings. The summed E-state index contributed by atoms with van der Waals surface area (Å²) in [7, 11) is 0. The molecule has 1 fully saturated rings. The monoisotopic (exact) mass is 499 g/mol. The van der Waals surface area contributed by atoms with Crippen molar-refractivity contribution in [2.75, 3.05) is 0 Å². The van der Waals surface area contributed by atoms with Crippen molar-refractivity contribution in [2.45, 2.75) is 30.9 Å². The lowest BCUT2D eigenvalue weighted by Gasteiger charge is -2.21. The van der Waals surface area contributed by atoms with Crippen molar-refractivity contribution in [1.82, 2.24) is 14.6 Å². The van der Waals surface area contributed by atoms with Crippen LogP contribution in [0.5, 0.6) is 5.75 Å². The third-order valence-corrected chi connectivity index (χ3v) is 5.75. The van der Waals surface area contributed by atoms with Crippen molar-refractivity contribution in [1.29, 1.82) is 0 Å². The van der Waals surface area contributed by atoms with E-state index in [2.05, 4.69) is 10.1 Å². The lowest BCUT2D eigenvalue weighted by molar-refractivity contribution is -0.290. The molecule has 0 amide bonds. The normalized spacial score (nSPS) is 14.6. The maximum atomic E-state index is 14.7. The highest BCUT2D eigenvalue weighted by molar-refractivity contribution is 5.86. The molecular formula is C23H13F8N3O. The minimum Gasteiger partial charge on any atom is -0.508 e.